The van der Waals surface area contributed by atoms with Gasteiger partial charge >= 0.3 is 0 Å². The lowest BCUT2D eigenvalue weighted by molar-refractivity contribution is -0.122. The van der Waals surface area contributed by atoms with Crippen molar-refractivity contribution >= 4 is 33.6 Å². The van der Waals surface area contributed by atoms with E-state index in [1.807, 2.05) is 30.3 Å². The van der Waals surface area contributed by atoms with Gasteiger partial charge in [0, 0.05) is 18.4 Å². The summed E-state index contributed by atoms with van der Waals surface area (Å²) in [4.78, 5) is 45.8. The molecule has 2 aromatic heterocycles. The number of nitrogens with one attached hydrogen (secondary N) is 2. The van der Waals surface area contributed by atoms with E-state index in [-0.39, 0.29) is 24.2 Å². The Hall–Kier alpha value is -4.07. The Balaban J connectivity index is 1.38. The molecule has 30 heavy (non-hydrogen) atoms. The van der Waals surface area contributed by atoms with E-state index >= 15 is 0 Å². The fourth-order valence-corrected chi connectivity index (χ4v) is 3.20. The van der Waals surface area contributed by atoms with Gasteiger partial charge < -0.3 is 0 Å². The number of carbonyl (C=O) groups is 2. The van der Waals surface area contributed by atoms with Gasteiger partial charge in [-0.25, -0.2) is 9.97 Å². The van der Waals surface area contributed by atoms with E-state index < -0.39 is 11.8 Å². The van der Waals surface area contributed by atoms with Gasteiger partial charge in [-0.3, -0.25) is 29.8 Å². The fourth-order valence-electron chi connectivity index (χ4n) is 3.20. The Morgan fingerprint density at radius 2 is 1.63 bits per heavy atom. The number of hydrazine groups is 1. The molecule has 0 radical (unpaired) electrons. The van der Waals surface area contributed by atoms with E-state index in [9.17, 15) is 14.4 Å². The van der Waals surface area contributed by atoms with Crippen molar-refractivity contribution in [1.82, 2.24) is 25.4 Å². The van der Waals surface area contributed by atoms with E-state index in [1.54, 1.807) is 37.3 Å². The van der Waals surface area contributed by atoms with Crippen molar-refractivity contribution < 1.29 is 9.59 Å². The van der Waals surface area contributed by atoms with Crippen LogP contribution in [0.4, 0.5) is 0 Å². The number of fused-ring (bicyclic) bond motifs is 2. The number of pyridine rings is 1. The predicted molar refractivity (Wildman–Crippen MR) is 113 cm³/mol. The molecule has 0 aliphatic rings. The number of para-hydroxylation sites is 2. The van der Waals surface area contributed by atoms with Crippen LogP contribution in [0.2, 0.25) is 0 Å². The van der Waals surface area contributed by atoms with Crippen molar-refractivity contribution in [3.05, 3.63) is 82.5 Å². The third-order valence-electron chi connectivity index (χ3n) is 4.76. The molecule has 0 fully saturated rings. The Morgan fingerprint density at radius 1 is 0.900 bits per heavy atom. The summed E-state index contributed by atoms with van der Waals surface area (Å²) < 4.78 is 1.45. The summed E-state index contributed by atoms with van der Waals surface area (Å²) in [6.45, 7) is 1.87. The van der Waals surface area contributed by atoms with Gasteiger partial charge in [0.15, 0.2) is 0 Å². The molecular formula is C22H19N5O3. The summed E-state index contributed by atoms with van der Waals surface area (Å²) in [6, 6.07) is 17.9. The molecule has 0 saturated carbocycles. The average molecular weight is 401 g/mol. The van der Waals surface area contributed by atoms with Crippen molar-refractivity contribution in [2.45, 2.75) is 19.9 Å². The zero-order valence-electron chi connectivity index (χ0n) is 16.3. The van der Waals surface area contributed by atoms with Gasteiger partial charge in [-0.1, -0.05) is 36.4 Å². The van der Waals surface area contributed by atoms with Crippen LogP contribution in [0.3, 0.4) is 0 Å². The van der Waals surface area contributed by atoms with Gasteiger partial charge in [-0.05, 0) is 31.2 Å². The molecule has 2 heterocycles. The first-order valence-electron chi connectivity index (χ1n) is 9.44. The minimum atomic E-state index is -0.519. The highest BCUT2D eigenvalue weighted by atomic mass is 16.2. The third kappa shape index (κ3) is 3.88. The summed E-state index contributed by atoms with van der Waals surface area (Å²) in [5, 5.41) is 1.42. The summed E-state index contributed by atoms with van der Waals surface area (Å²) in [5.74, 6) is -0.422. The summed E-state index contributed by atoms with van der Waals surface area (Å²) in [5.41, 5.74) is 6.02. The number of rotatable bonds is 4. The van der Waals surface area contributed by atoms with Crippen molar-refractivity contribution in [3.8, 4) is 0 Å². The third-order valence-corrected chi connectivity index (χ3v) is 4.76. The first kappa shape index (κ1) is 19.3. The molecule has 0 bridgehead atoms. The molecule has 4 rings (SSSR count). The molecule has 0 aliphatic carbocycles. The molecule has 2 aromatic carbocycles. The number of aromatic nitrogens is 3. The van der Waals surface area contributed by atoms with E-state index in [4.69, 9.17) is 0 Å². The maximum absolute atomic E-state index is 12.6. The van der Waals surface area contributed by atoms with E-state index in [0.29, 0.717) is 22.2 Å². The van der Waals surface area contributed by atoms with Crippen LogP contribution in [-0.2, 0) is 11.3 Å². The van der Waals surface area contributed by atoms with Crippen molar-refractivity contribution in [1.29, 1.82) is 0 Å². The summed E-state index contributed by atoms with van der Waals surface area (Å²) >= 11 is 0. The minimum absolute atomic E-state index is 0.00615. The second kappa shape index (κ2) is 8.12. The largest absolute Gasteiger partial charge is 0.296 e. The maximum Gasteiger partial charge on any atom is 0.288 e. The second-order valence-electron chi connectivity index (χ2n) is 6.77. The van der Waals surface area contributed by atoms with Crippen molar-refractivity contribution in [3.63, 3.8) is 0 Å². The lowest BCUT2D eigenvalue weighted by atomic mass is 10.2. The number of carbonyl (C=O) groups excluding carboxylic acids is 2. The molecule has 0 saturated heterocycles. The fraction of sp³-hybridized carbons (Fsp3) is 0.136. The first-order chi connectivity index (χ1) is 14.5. The highest BCUT2D eigenvalue weighted by Crippen LogP contribution is 2.11. The maximum atomic E-state index is 12.6. The minimum Gasteiger partial charge on any atom is -0.296 e. The zero-order chi connectivity index (χ0) is 21.1. The van der Waals surface area contributed by atoms with E-state index in [0.717, 1.165) is 5.39 Å². The smallest absolute Gasteiger partial charge is 0.288 e. The molecule has 2 amide bonds. The Morgan fingerprint density at radius 3 is 2.47 bits per heavy atom. The summed E-state index contributed by atoms with van der Waals surface area (Å²) in [7, 11) is 0. The number of benzene rings is 2. The molecule has 8 heteroatoms. The van der Waals surface area contributed by atoms with Crippen molar-refractivity contribution in [2.75, 3.05) is 0 Å². The van der Waals surface area contributed by atoms with Crippen LogP contribution in [-0.4, -0.2) is 26.3 Å². The quantitative estimate of drug-likeness (QED) is 0.510. The number of hydrogen-bond acceptors (Lipinski definition) is 5. The second-order valence-corrected chi connectivity index (χ2v) is 6.77. The number of amides is 2. The van der Waals surface area contributed by atoms with Crippen LogP contribution in [0, 0.1) is 6.92 Å². The Labute approximate surface area is 171 Å². The Kier molecular flexibility index (Phi) is 5.21. The van der Waals surface area contributed by atoms with E-state index in [1.165, 1.54) is 4.57 Å². The first-order valence-corrected chi connectivity index (χ1v) is 9.44. The van der Waals surface area contributed by atoms with Crippen LogP contribution < -0.4 is 16.4 Å². The van der Waals surface area contributed by atoms with Crippen LogP contribution in [0.5, 0.6) is 0 Å². The standard InChI is InChI=1S/C22H19N5O3/c1-14-23-18-9-5-3-7-16(18)22(30)27(14)13-12-20(28)25-26-21(29)19-11-10-15-6-2-4-8-17(15)24-19/h2-11H,12-13H2,1H3,(H,25,28)(H,26,29). The molecule has 0 spiro atoms. The zero-order valence-corrected chi connectivity index (χ0v) is 16.3. The number of nitrogens with zero attached hydrogens (tertiary/aromatic N) is 3. The van der Waals surface area contributed by atoms with Gasteiger partial charge in [0.05, 0.1) is 16.4 Å². The normalized spacial score (nSPS) is 10.8. The topological polar surface area (TPSA) is 106 Å². The highest BCUT2D eigenvalue weighted by Gasteiger charge is 2.12. The SMILES string of the molecule is Cc1nc2ccccc2c(=O)n1CCC(=O)NNC(=O)c1ccc2ccccc2n1. The van der Waals surface area contributed by atoms with Gasteiger partial charge in [-0.2, -0.15) is 0 Å². The van der Waals surface area contributed by atoms with Gasteiger partial charge in [0.25, 0.3) is 11.5 Å². The highest BCUT2D eigenvalue weighted by molar-refractivity contribution is 5.95. The van der Waals surface area contributed by atoms with Crippen LogP contribution >= 0.6 is 0 Å². The van der Waals surface area contributed by atoms with Gasteiger partial charge in [-0.15, -0.1) is 0 Å². The monoisotopic (exact) mass is 401 g/mol. The molecule has 0 atom stereocenters. The molecule has 0 aliphatic heterocycles. The molecule has 8 nitrogen and oxygen atoms in total. The van der Waals surface area contributed by atoms with Crippen LogP contribution in [0.1, 0.15) is 22.7 Å². The number of aryl methyl sites for hydroxylation is 1. The van der Waals surface area contributed by atoms with Crippen LogP contribution in [0.15, 0.2) is 65.5 Å². The van der Waals surface area contributed by atoms with Crippen LogP contribution in [0.25, 0.3) is 21.8 Å². The predicted octanol–water partition coefficient (Wildman–Crippen LogP) is 2.10. The molecule has 2 N–H and O–H groups in total. The van der Waals surface area contributed by atoms with Gasteiger partial charge in [0.2, 0.25) is 5.91 Å². The molecule has 0 unspecified atom stereocenters. The lowest BCUT2D eigenvalue weighted by Gasteiger charge is -2.11. The van der Waals surface area contributed by atoms with Crippen molar-refractivity contribution in [2.24, 2.45) is 0 Å². The molecule has 4 aromatic rings. The van der Waals surface area contributed by atoms with E-state index in [2.05, 4.69) is 20.8 Å². The molecule has 150 valence electrons. The van der Waals surface area contributed by atoms with Gasteiger partial charge in [0.1, 0.15) is 11.5 Å². The number of hydrogen-bond donors (Lipinski definition) is 2. The Bertz CT molecular complexity index is 1330. The molecular weight excluding hydrogens is 382 g/mol. The lowest BCUT2D eigenvalue weighted by Crippen LogP contribution is -2.42. The average Bonchev–Trinajstić information content (AvgIpc) is 2.77. The summed E-state index contributed by atoms with van der Waals surface area (Å²) in [6.07, 6.45) is 0.00615.